The molecule has 2 aromatic carbocycles. The van der Waals surface area contributed by atoms with E-state index in [0.717, 1.165) is 0 Å². The fraction of sp³-hybridized carbons (Fsp3) is 0.0667. The quantitative estimate of drug-likeness (QED) is 0.836. The summed E-state index contributed by atoms with van der Waals surface area (Å²) in [5.41, 5.74) is 0.419. The number of benzene rings is 2. The van der Waals surface area contributed by atoms with Crippen LogP contribution >= 0.6 is 23.2 Å². The van der Waals surface area contributed by atoms with E-state index >= 15 is 0 Å². The Labute approximate surface area is 136 Å². The number of halogens is 2. The zero-order chi connectivity index (χ0) is 16.1. The van der Waals surface area contributed by atoms with Gasteiger partial charge < -0.3 is 15.2 Å². The molecule has 0 saturated carbocycles. The van der Waals surface area contributed by atoms with Crippen LogP contribution in [0, 0.1) is 0 Å². The molecular formula is C15H11Cl2NO4. The molecule has 114 valence electrons. The number of hydrogen-bond donors (Lipinski definition) is 2. The Morgan fingerprint density at radius 1 is 1.09 bits per heavy atom. The number of rotatable bonds is 4. The van der Waals surface area contributed by atoms with Crippen molar-refractivity contribution in [2.24, 2.45) is 0 Å². The van der Waals surface area contributed by atoms with E-state index in [4.69, 9.17) is 27.9 Å². The van der Waals surface area contributed by atoms with Gasteiger partial charge in [-0.1, -0.05) is 29.3 Å². The largest absolute Gasteiger partial charge is 0.507 e. The Hall–Kier alpha value is -2.24. The monoisotopic (exact) mass is 339 g/mol. The van der Waals surface area contributed by atoms with E-state index in [9.17, 15) is 14.7 Å². The fourth-order valence-corrected chi connectivity index (χ4v) is 2.01. The van der Waals surface area contributed by atoms with Gasteiger partial charge in [-0.25, -0.2) is 4.79 Å². The van der Waals surface area contributed by atoms with Crippen molar-refractivity contribution in [3.63, 3.8) is 0 Å². The molecule has 7 heteroatoms. The second-order valence-corrected chi connectivity index (χ2v) is 5.17. The Kier molecular flexibility index (Phi) is 5.25. The first-order valence-electron chi connectivity index (χ1n) is 6.17. The summed E-state index contributed by atoms with van der Waals surface area (Å²) in [6.07, 6.45) is 0. The number of hydrogen-bond acceptors (Lipinski definition) is 4. The molecule has 5 nitrogen and oxygen atoms in total. The fourth-order valence-electron chi connectivity index (χ4n) is 1.65. The summed E-state index contributed by atoms with van der Waals surface area (Å²) in [5.74, 6) is -1.66. The predicted molar refractivity (Wildman–Crippen MR) is 83.5 cm³/mol. The van der Waals surface area contributed by atoms with E-state index in [0.29, 0.717) is 10.7 Å². The van der Waals surface area contributed by atoms with Gasteiger partial charge in [0.2, 0.25) is 0 Å². The topological polar surface area (TPSA) is 75.6 Å². The van der Waals surface area contributed by atoms with Crippen LogP contribution in [0.25, 0.3) is 0 Å². The molecule has 2 N–H and O–H groups in total. The van der Waals surface area contributed by atoms with Crippen molar-refractivity contribution < 1.29 is 19.4 Å². The highest BCUT2D eigenvalue weighted by Crippen LogP contribution is 2.22. The summed E-state index contributed by atoms with van der Waals surface area (Å²) in [5, 5.41) is 12.9. The highest BCUT2D eigenvalue weighted by Gasteiger charge is 2.14. The third-order valence-corrected chi connectivity index (χ3v) is 3.09. The minimum Gasteiger partial charge on any atom is -0.507 e. The molecule has 0 atom stereocenters. The molecule has 0 bridgehead atoms. The van der Waals surface area contributed by atoms with E-state index in [1.807, 2.05) is 0 Å². The molecule has 2 aromatic rings. The van der Waals surface area contributed by atoms with Crippen molar-refractivity contribution in [1.82, 2.24) is 0 Å². The number of phenols is 1. The van der Waals surface area contributed by atoms with Gasteiger partial charge in [-0.05, 0) is 36.4 Å². The van der Waals surface area contributed by atoms with E-state index in [2.05, 4.69) is 5.32 Å². The molecule has 0 saturated heterocycles. The molecule has 0 aliphatic carbocycles. The smallest absolute Gasteiger partial charge is 0.342 e. The molecule has 22 heavy (non-hydrogen) atoms. The van der Waals surface area contributed by atoms with Gasteiger partial charge in [-0.3, -0.25) is 4.79 Å². The van der Waals surface area contributed by atoms with Crippen LogP contribution < -0.4 is 5.32 Å². The number of amides is 1. The van der Waals surface area contributed by atoms with Crippen LogP contribution in [0.1, 0.15) is 10.4 Å². The molecule has 0 aliphatic heterocycles. The number of nitrogens with one attached hydrogen (secondary N) is 1. The van der Waals surface area contributed by atoms with Gasteiger partial charge in [0.05, 0.1) is 0 Å². The van der Waals surface area contributed by atoms with Crippen LogP contribution in [0.15, 0.2) is 42.5 Å². The first-order valence-corrected chi connectivity index (χ1v) is 6.92. The Morgan fingerprint density at radius 2 is 1.82 bits per heavy atom. The third-order valence-electron chi connectivity index (χ3n) is 2.62. The second kappa shape index (κ2) is 7.15. The van der Waals surface area contributed by atoms with Gasteiger partial charge in [0.1, 0.15) is 11.3 Å². The molecule has 0 aromatic heterocycles. The summed E-state index contributed by atoms with van der Waals surface area (Å²) in [6, 6.07) is 10.5. The normalized spacial score (nSPS) is 10.1. The van der Waals surface area contributed by atoms with Crippen LogP contribution in [-0.4, -0.2) is 23.6 Å². The van der Waals surface area contributed by atoms with Crippen LogP contribution in [0.4, 0.5) is 5.69 Å². The lowest BCUT2D eigenvalue weighted by molar-refractivity contribution is -0.119. The molecule has 0 spiro atoms. The Balaban J connectivity index is 1.92. The van der Waals surface area contributed by atoms with Crippen molar-refractivity contribution in [1.29, 1.82) is 0 Å². The zero-order valence-corrected chi connectivity index (χ0v) is 12.7. The summed E-state index contributed by atoms with van der Waals surface area (Å²) in [6.45, 7) is -0.493. The maximum Gasteiger partial charge on any atom is 0.342 e. The van der Waals surface area contributed by atoms with Gasteiger partial charge in [0.15, 0.2) is 6.61 Å². The van der Waals surface area contributed by atoms with Crippen LogP contribution in [0.3, 0.4) is 0 Å². The molecule has 1 amide bonds. The van der Waals surface area contributed by atoms with Crippen molar-refractivity contribution in [3.8, 4) is 5.75 Å². The van der Waals surface area contributed by atoms with E-state index < -0.39 is 18.5 Å². The van der Waals surface area contributed by atoms with Crippen molar-refractivity contribution in [2.75, 3.05) is 11.9 Å². The standard InChI is InChI=1S/C15H11Cl2NO4/c16-9-2-1-3-11(6-9)18-14(20)8-22-15(21)12-5-4-10(17)7-13(12)19/h1-7,19H,8H2,(H,18,20). The maximum absolute atomic E-state index is 11.8. The Morgan fingerprint density at radius 3 is 2.50 bits per heavy atom. The van der Waals surface area contributed by atoms with Gasteiger partial charge >= 0.3 is 5.97 Å². The van der Waals surface area contributed by atoms with Crippen molar-refractivity contribution in [2.45, 2.75) is 0 Å². The lowest BCUT2D eigenvalue weighted by Gasteiger charge is -2.08. The summed E-state index contributed by atoms with van der Waals surface area (Å²) >= 11 is 11.5. The van der Waals surface area contributed by atoms with Crippen molar-refractivity contribution in [3.05, 3.63) is 58.1 Å². The molecule has 0 heterocycles. The van der Waals surface area contributed by atoms with Gasteiger partial charge in [0.25, 0.3) is 5.91 Å². The number of aromatic hydroxyl groups is 1. The van der Waals surface area contributed by atoms with Crippen LogP contribution in [0.2, 0.25) is 10.0 Å². The molecule has 0 fully saturated rings. The Bertz CT molecular complexity index is 718. The van der Waals surface area contributed by atoms with E-state index in [1.165, 1.54) is 18.2 Å². The number of phenolic OH excluding ortho intramolecular Hbond substituents is 1. The summed E-state index contributed by atoms with van der Waals surface area (Å²) in [4.78, 5) is 23.4. The lowest BCUT2D eigenvalue weighted by atomic mass is 10.2. The molecule has 0 unspecified atom stereocenters. The SMILES string of the molecule is O=C(COC(=O)c1ccc(Cl)cc1O)Nc1cccc(Cl)c1. The van der Waals surface area contributed by atoms with Gasteiger partial charge in [0, 0.05) is 15.7 Å². The van der Waals surface area contributed by atoms with Gasteiger partial charge in [-0.2, -0.15) is 0 Å². The lowest BCUT2D eigenvalue weighted by Crippen LogP contribution is -2.20. The summed E-state index contributed by atoms with van der Waals surface area (Å²) < 4.78 is 4.83. The number of esters is 1. The average Bonchev–Trinajstić information content (AvgIpc) is 2.45. The van der Waals surface area contributed by atoms with Gasteiger partial charge in [-0.15, -0.1) is 0 Å². The van der Waals surface area contributed by atoms with Crippen LogP contribution in [-0.2, 0) is 9.53 Å². The third kappa shape index (κ3) is 4.38. The van der Waals surface area contributed by atoms with Crippen LogP contribution in [0.5, 0.6) is 5.75 Å². The number of carbonyl (C=O) groups excluding carboxylic acids is 2. The summed E-state index contributed by atoms with van der Waals surface area (Å²) in [7, 11) is 0. The molecule has 0 aliphatic rings. The molecule has 0 radical (unpaired) electrons. The minimum atomic E-state index is -0.824. The highest BCUT2D eigenvalue weighted by atomic mass is 35.5. The zero-order valence-electron chi connectivity index (χ0n) is 11.2. The van der Waals surface area contributed by atoms with E-state index in [1.54, 1.807) is 24.3 Å². The molecular weight excluding hydrogens is 329 g/mol. The second-order valence-electron chi connectivity index (χ2n) is 4.30. The maximum atomic E-state index is 11.8. The first kappa shape index (κ1) is 16.1. The van der Waals surface area contributed by atoms with Crippen molar-refractivity contribution >= 4 is 40.8 Å². The average molecular weight is 340 g/mol. The minimum absolute atomic E-state index is 0.0695. The predicted octanol–water partition coefficient (Wildman–Crippen LogP) is 3.49. The first-order chi connectivity index (χ1) is 10.5. The molecule has 2 rings (SSSR count). The number of anilines is 1. The number of ether oxygens (including phenoxy) is 1. The highest BCUT2D eigenvalue weighted by molar-refractivity contribution is 6.31. The van der Waals surface area contributed by atoms with E-state index in [-0.39, 0.29) is 16.3 Å². The number of carbonyl (C=O) groups is 2.